The van der Waals surface area contributed by atoms with Gasteiger partial charge in [0.15, 0.2) is 6.67 Å². The van der Waals surface area contributed by atoms with Crippen LogP contribution in [0.1, 0.15) is 31.9 Å². The number of amidine groups is 1. The van der Waals surface area contributed by atoms with Gasteiger partial charge in [0.05, 0.1) is 0 Å². The number of amides is 1. The molecule has 5 nitrogen and oxygen atoms in total. The van der Waals surface area contributed by atoms with E-state index in [9.17, 15) is 9.18 Å². The van der Waals surface area contributed by atoms with E-state index >= 15 is 0 Å². The highest BCUT2D eigenvalue weighted by atomic mass is 19.1. The number of hydrogen-bond acceptors (Lipinski definition) is 3. The van der Waals surface area contributed by atoms with Crippen molar-refractivity contribution in [1.29, 1.82) is 5.26 Å². The summed E-state index contributed by atoms with van der Waals surface area (Å²) in [4.78, 5) is 15.2. The standard InChI is InChI=1S/C17H23FN4O/c1-12-7-5-6-8-13(12)9-14(20-11-19)21-16(17(2,3)4)22-15(23)10-18/h5-8,16H,9-10H2,1-4H3,(H,20,21)(H,22,23). The zero-order chi connectivity index (χ0) is 17.5. The maximum absolute atomic E-state index is 12.5. The lowest BCUT2D eigenvalue weighted by molar-refractivity contribution is -0.123. The van der Waals surface area contributed by atoms with Crippen molar-refractivity contribution in [2.75, 3.05) is 6.67 Å². The molecule has 124 valence electrons. The Bertz CT molecular complexity index is 614. The van der Waals surface area contributed by atoms with Crippen LogP contribution in [0.5, 0.6) is 0 Å². The van der Waals surface area contributed by atoms with Crippen LogP contribution in [-0.4, -0.2) is 24.6 Å². The van der Waals surface area contributed by atoms with Crippen molar-refractivity contribution in [2.24, 2.45) is 10.4 Å². The summed E-state index contributed by atoms with van der Waals surface area (Å²) in [5, 5.41) is 14.5. The highest BCUT2D eigenvalue weighted by Gasteiger charge is 2.27. The molecule has 0 aromatic heterocycles. The van der Waals surface area contributed by atoms with Gasteiger partial charge in [-0.2, -0.15) is 10.3 Å². The van der Waals surface area contributed by atoms with Crippen molar-refractivity contribution in [2.45, 2.75) is 40.3 Å². The third-order valence-electron chi connectivity index (χ3n) is 3.41. The van der Waals surface area contributed by atoms with Gasteiger partial charge >= 0.3 is 0 Å². The minimum absolute atomic E-state index is 0.382. The Morgan fingerprint density at radius 1 is 1.35 bits per heavy atom. The molecular formula is C17H23FN4O. The first-order valence-electron chi connectivity index (χ1n) is 7.40. The number of halogens is 1. The van der Waals surface area contributed by atoms with Gasteiger partial charge in [-0.05, 0) is 18.1 Å². The Labute approximate surface area is 136 Å². The molecule has 1 aromatic rings. The molecule has 0 saturated carbocycles. The first-order chi connectivity index (χ1) is 10.8. The van der Waals surface area contributed by atoms with Crippen LogP contribution in [0, 0.1) is 23.8 Å². The molecule has 6 heteroatoms. The van der Waals surface area contributed by atoms with E-state index in [1.807, 2.05) is 52.0 Å². The molecule has 0 spiro atoms. The summed E-state index contributed by atoms with van der Waals surface area (Å²) in [6, 6.07) is 7.78. The Balaban J connectivity index is 2.96. The molecule has 0 aliphatic rings. The lowest BCUT2D eigenvalue weighted by Crippen LogP contribution is -2.55. The molecule has 0 aliphatic carbocycles. The van der Waals surface area contributed by atoms with Gasteiger partial charge in [-0.1, -0.05) is 45.0 Å². The second-order valence-corrected chi connectivity index (χ2v) is 6.41. The van der Waals surface area contributed by atoms with Crippen LogP contribution in [0.2, 0.25) is 0 Å². The average Bonchev–Trinajstić information content (AvgIpc) is 2.48. The molecule has 23 heavy (non-hydrogen) atoms. The van der Waals surface area contributed by atoms with Crippen LogP contribution in [-0.2, 0) is 11.2 Å². The molecule has 1 unspecified atom stereocenters. The molecule has 0 radical (unpaired) electrons. The van der Waals surface area contributed by atoms with Crippen molar-refractivity contribution < 1.29 is 9.18 Å². The second-order valence-electron chi connectivity index (χ2n) is 6.41. The van der Waals surface area contributed by atoms with Crippen LogP contribution >= 0.6 is 0 Å². The number of carbonyl (C=O) groups is 1. The van der Waals surface area contributed by atoms with Crippen LogP contribution in [0.4, 0.5) is 4.39 Å². The Kier molecular flexibility index (Phi) is 6.70. The monoisotopic (exact) mass is 318 g/mol. The van der Waals surface area contributed by atoms with Gasteiger partial charge in [-0.25, -0.2) is 4.39 Å². The van der Waals surface area contributed by atoms with Crippen LogP contribution in [0.15, 0.2) is 29.3 Å². The van der Waals surface area contributed by atoms with E-state index in [2.05, 4.69) is 15.6 Å². The average molecular weight is 318 g/mol. The molecule has 0 bridgehead atoms. The summed E-state index contributed by atoms with van der Waals surface area (Å²) in [6.45, 7) is 6.60. The number of aryl methyl sites for hydroxylation is 1. The Morgan fingerprint density at radius 2 is 2.00 bits per heavy atom. The van der Waals surface area contributed by atoms with Crippen molar-refractivity contribution in [3.05, 3.63) is 35.4 Å². The highest BCUT2D eigenvalue weighted by Crippen LogP contribution is 2.18. The lowest BCUT2D eigenvalue weighted by atomic mass is 9.91. The summed E-state index contributed by atoms with van der Waals surface area (Å²) in [6.07, 6.45) is 1.66. The predicted molar refractivity (Wildman–Crippen MR) is 88.4 cm³/mol. The summed E-state index contributed by atoms with van der Waals surface area (Å²) in [5.74, 6) is -0.273. The number of aliphatic imine (C=N–C) groups is 1. The van der Waals surface area contributed by atoms with Crippen LogP contribution in [0.25, 0.3) is 0 Å². The summed E-state index contributed by atoms with van der Waals surface area (Å²) >= 11 is 0. The normalized spacial score (nSPS) is 13.1. The van der Waals surface area contributed by atoms with Crippen molar-refractivity contribution in [3.63, 3.8) is 0 Å². The summed E-state index contributed by atoms with van der Waals surface area (Å²) in [5.41, 5.74) is 1.73. The third kappa shape index (κ3) is 6.07. The molecule has 0 aliphatic heterocycles. The first-order valence-corrected chi connectivity index (χ1v) is 7.40. The largest absolute Gasteiger partial charge is 0.352 e. The molecule has 1 amide bonds. The van der Waals surface area contributed by atoms with Crippen molar-refractivity contribution in [1.82, 2.24) is 10.6 Å². The number of nitrogens with zero attached hydrogens (tertiary/aromatic N) is 2. The maximum atomic E-state index is 12.5. The molecule has 1 aromatic carbocycles. The summed E-state index contributed by atoms with van der Waals surface area (Å²) in [7, 11) is 0. The fraction of sp³-hybridized carbons (Fsp3) is 0.471. The van der Waals surface area contributed by atoms with Crippen LogP contribution < -0.4 is 10.6 Å². The summed E-state index contributed by atoms with van der Waals surface area (Å²) < 4.78 is 12.5. The van der Waals surface area contributed by atoms with E-state index in [4.69, 9.17) is 5.26 Å². The van der Waals surface area contributed by atoms with Gasteiger partial charge in [0.2, 0.25) is 6.19 Å². The Hall–Kier alpha value is -2.42. The molecule has 0 fully saturated rings. The number of benzene rings is 1. The number of nitriles is 1. The lowest BCUT2D eigenvalue weighted by Gasteiger charge is -2.33. The van der Waals surface area contributed by atoms with Gasteiger partial charge in [0.1, 0.15) is 12.0 Å². The SMILES string of the molecule is Cc1ccccc1C/C(=N\C#N)NC(NC(=O)CF)C(C)(C)C. The number of alkyl halides is 1. The van der Waals surface area contributed by atoms with Gasteiger partial charge in [0.25, 0.3) is 5.91 Å². The zero-order valence-corrected chi connectivity index (χ0v) is 14.0. The number of nitrogens with one attached hydrogen (secondary N) is 2. The van der Waals surface area contributed by atoms with E-state index in [-0.39, 0.29) is 5.41 Å². The minimum atomic E-state index is -1.09. The maximum Gasteiger partial charge on any atom is 0.253 e. The Morgan fingerprint density at radius 3 is 2.52 bits per heavy atom. The van der Waals surface area contributed by atoms with Crippen molar-refractivity contribution >= 4 is 11.7 Å². The van der Waals surface area contributed by atoms with Crippen LogP contribution in [0.3, 0.4) is 0 Å². The highest BCUT2D eigenvalue weighted by molar-refractivity contribution is 5.86. The number of hydrogen-bond donors (Lipinski definition) is 2. The van der Waals surface area contributed by atoms with E-state index in [0.29, 0.717) is 12.3 Å². The number of carbonyl (C=O) groups excluding carboxylic acids is 1. The first kappa shape index (κ1) is 18.6. The topological polar surface area (TPSA) is 77.3 Å². The third-order valence-corrected chi connectivity index (χ3v) is 3.41. The second kappa shape index (κ2) is 8.28. The molecule has 1 atom stereocenters. The fourth-order valence-electron chi connectivity index (χ4n) is 2.01. The van der Waals surface area contributed by atoms with Gasteiger partial charge < -0.3 is 10.6 Å². The van der Waals surface area contributed by atoms with Crippen molar-refractivity contribution in [3.8, 4) is 6.19 Å². The fourth-order valence-corrected chi connectivity index (χ4v) is 2.01. The predicted octanol–water partition coefficient (Wildman–Crippen LogP) is 2.46. The molecule has 2 N–H and O–H groups in total. The molecule has 0 saturated heterocycles. The zero-order valence-electron chi connectivity index (χ0n) is 14.0. The van der Waals surface area contributed by atoms with Gasteiger partial charge in [0, 0.05) is 11.8 Å². The smallest absolute Gasteiger partial charge is 0.253 e. The molecular weight excluding hydrogens is 295 g/mol. The van der Waals surface area contributed by atoms with E-state index in [1.165, 1.54) is 0 Å². The molecule has 1 rings (SSSR count). The quantitative estimate of drug-likeness (QED) is 0.379. The molecule has 0 heterocycles. The van der Waals surface area contributed by atoms with E-state index in [0.717, 1.165) is 11.1 Å². The van der Waals surface area contributed by atoms with Gasteiger partial charge in [-0.3, -0.25) is 4.79 Å². The number of rotatable bonds is 5. The minimum Gasteiger partial charge on any atom is -0.352 e. The van der Waals surface area contributed by atoms with E-state index < -0.39 is 18.7 Å². The van der Waals surface area contributed by atoms with Gasteiger partial charge in [-0.15, -0.1) is 0 Å². The van der Waals surface area contributed by atoms with E-state index in [1.54, 1.807) is 6.19 Å².